The highest BCUT2D eigenvalue weighted by Gasteiger charge is 2.31. The molecule has 1 heterocycles. The quantitative estimate of drug-likeness (QED) is 0.594. The summed E-state index contributed by atoms with van der Waals surface area (Å²) in [5, 5.41) is 6.49. The summed E-state index contributed by atoms with van der Waals surface area (Å²) in [6.45, 7) is 0. The minimum Gasteiger partial charge on any atom is -0.495 e. The third-order valence-electron chi connectivity index (χ3n) is 4.21. The van der Waals surface area contributed by atoms with Crippen molar-refractivity contribution in [3.8, 4) is 5.75 Å². The van der Waals surface area contributed by atoms with Gasteiger partial charge in [0.2, 0.25) is 0 Å². The van der Waals surface area contributed by atoms with E-state index in [0.717, 1.165) is 12.1 Å². The average Bonchev–Trinajstić information content (AvgIpc) is 3.13. The fourth-order valence-electron chi connectivity index (χ4n) is 2.73. The molecule has 0 saturated carbocycles. The Balaban J connectivity index is 1.86. The van der Waals surface area contributed by atoms with E-state index in [-0.39, 0.29) is 27.7 Å². The van der Waals surface area contributed by atoms with Crippen LogP contribution in [0.15, 0.2) is 59.6 Å². The summed E-state index contributed by atoms with van der Waals surface area (Å²) in [6, 6.07) is 9.10. The van der Waals surface area contributed by atoms with Crippen LogP contribution in [0.2, 0.25) is 0 Å². The van der Waals surface area contributed by atoms with Gasteiger partial charge < -0.3 is 10.1 Å². The van der Waals surface area contributed by atoms with Gasteiger partial charge in [-0.25, -0.2) is 8.42 Å². The van der Waals surface area contributed by atoms with E-state index in [1.54, 1.807) is 7.05 Å². The Labute approximate surface area is 175 Å². The van der Waals surface area contributed by atoms with E-state index in [0.29, 0.717) is 6.07 Å². The molecular formula is C19H17F3N4O4S. The van der Waals surface area contributed by atoms with Gasteiger partial charge in [0.1, 0.15) is 16.3 Å². The normalized spacial score (nSPS) is 11.8. The van der Waals surface area contributed by atoms with Crippen molar-refractivity contribution in [1.29, 1.82) is 0 Å². The zero-order valence-electron chi connectivity index (χ0n) is 16.3. The van der Waals surface area contributed by atoms with Gasteiger partial charge in [-0.3, -0.25) is 14.2 Å². The number of anilines is 2. The number of alkyl halides is 3. The van der Waals surface area contributed by atoms with Gasteiger partial charge in [0.15, 0.2) is 0 Å². The molecule has 0 aliphatic heterocycles. The average molecular weight is 454 g/mol. The van der Waals surface area contributed by atoms with Crippen molar-refractivity contribution in [3.05, 3.63) is 66.0 Å². The number of carbonyl (C=O) groups is 1. The molecule has 0 unspecified atom stereocenters. The second kappa shape index (κ2) is 8.30. The van der Waals surface area contributed by atoms with Crippen molar-refractivity contribution in [2.45, 2.75) is 11.1 Å². The molecule has 164 valence electrons. The first-order valence-corrected chi connectivity index (χ1v) is 10.2. The number of benzene rings is 2. The molecule has 2 aromatic carbocycles. The van der Waals surface area contributed by atoms with E-state index in [4.69, 9.17) is 4.74 Å². The Hall–Kier alpha value is -3.54. The van der Waals surface area contributed by atoms with E-state index in [1.807, 2.05) is 0 Å². The van der Waals surface area contributed by atoms with Gasteiger partial charge in [-0.1, -0.05) is 6.07 Å². The van der Waals surface area contributed by atoms with Crippen LogP contribution in [-0.2, 0) is 23.2 Å². The highest BCUT2D eigenvalue weighted by Crippen LogP contribution is 2.33. The number of sulfonamides is 1. The zero-order chi connectivity index (χ0) is 22.8. The third kappa shape index (κ3) is 4.97. The van der Waals surface area contributed by atoms with E-state index >= 15 is 0 Å². The molecule has 8 nitrogen and oxygen atoms in total. The Bertz CT molecular complexity index is 1220. The number of methoxy groups -OCH3 is 1. The second-order valence-electron chi connectivity index (χ2n) is 6.34. The van der Waals surface area contributed by atoms with E-state index in [2.05, 4.69) is 15.1 Å². The van der Waals surface area contributed by atoms with E-state index < -0.39 is 27.7 Å². The molecule has 0 spiro atoms. The minimum atomic E-state index is -4.62. The molecule has 1 amide bonds. The molecule has 0 aliphatic carbocycles. The second-order valence-corrected chi connectivity index (χ2v) is 7.99. The van der Waals surface area contributed by atoms with Gasteiger partial charge in [-0.15, -0.1) is 0 Å². The van der Waals surface area contributed by atoms with Crippen LogP contribution in [-0.4, -0.2) is 31.2 Å². The maximum Gasteiger partial charge on any atom is 0.416 e. The van der Waals surface area contributed by atoms with Gasteiger partial charge in [0.25, 0.3) is 15.9 Å². The first kappa shape index (κ1) is 22.2. The van der Waals surface area contributed by atoms with Crippen molar-refractivity contribution in [3.63, 3.8) is 0 Å². The summed E-state index contributed by atoms with van der Waals surface area (Å²) in [4.78, 5) is 12.0. The first-order chi connectivity index (χ1) is 14.5. The fraction of sp³-hybridized carbons (Fsp3) is 0.158. The third-order valence-corrected chi connectivity index (χ3v) is 5.63. The Morgan fingerprint density at radius 3 is 2.45 bits per heavy atom. The molecule has 0 bridgehead atoms. The number of nitrogens with zero attached hydrogens (tertiary/aromatic N) is 2. The summed E-state index contributed by atoms with van der Waals surface area (Å²) < 4.78 is 72.7. The van der Waals surface area contributed by atoms with Crippen molar-refractivity contribution >= 4 is 27.3 Å². The lowest BCUT2D eigenvalue weighted by molar-refractivity contribution is -0.137. The molecule has 3 rings (SSSR count). The highest BCUT2D eigenvalue weighted by atomic mass is 32.2. The lowest BCUT2D eigenvalue weighted by Crippen LogP contribution is -2.17. The Morgan fingerprint density at radius 2 is 1.84 bits per heavy atom. The van der Waals surface area contributed by atoms with Crippen LogP contribution >= 0.6 is 0 Å². The topological polar surface area (TPSA) is 102 Å². The Kier molecular flexibility index (Phi) is 5.93. The molecule has 0 fully saturated rings. The standard InChI is InChI=1S/C19H17F3N4O4S/c1-26-15(8-9-23-26)18(27)24-13-6-7-17(16(11-13)30-2)31(28,29)25-14-5-3-4-12(10-14)19(20,21)22/h3-11,25H,1-2H3,(H,24,27). The van der Waals surface area contributed by atoms with Gasteiger partial charge >= 0.3 is 6.18 Å². The number of amides is 1. The molecule has 0 radical (unpaired) electrons. The molecule has 2 N–H and O–H groups in total. The molecular weight excluding hydrogens is 437 g/mol. The zero-order valence-corrected chi connectivity index (χ0v) is 17.1. The van der Waals surface area contributed by atoms with Gasteiger partial charge in [0, 0.05) is 30.7 Å². The summed E-state index contributed by atoms with van der Waals surface area (Å²) in [5.74, 6) is -0.581. The maximum atomic E-state index is 12.9. The van der Waals surface area contributed by atoms with Crippen LogP contribution in [0.1, 0.15) is 16.1 Å². The van der Waals surface area contributed by atoms with Gasteiger partial charge in [-0.2, -0.15) is 18.3 Å². The number of hydrogen-bond acceptors (Lipinski definition) is 5. The number of rotatable bonds is 6. The number of ether oxygens (including phenoxy) is 1. The summed E-state index contributed by atoms with van der Waals surface area (Å²) >= 11 is 0. The van der Waals surface area contributed by atoms with Gasteiger partial charge in [-0.05, 0) is 36.4 Å². The number of halogens is 3. The van der Waals surface area contributed by atoms with Crippen molar-refractivity contribution in [1.82, 2.24) is 9.78 Å². The molecule has 0 atom stereocenters. The molecule has 31 heavy (non-hydrogen) atoms. The predicted octanol–water partition coefficient (Wildman–Crippen LogP) is 3.50. The van der Waals surface area contributed by atoms with Crippen LogP contribution in [0.3, 0.4) is 0 Å². The lowest BCUT2D eigenvalue weighted by Gasteiger charge is -2.14. The molecule has 0 aliphatic rings. The monoisotopic (exact) mass is 454 g/mol. The fourth-order valence-corrected chi connectivity index (χ4v) is 3.93. The first-order valence-electron chi connectivity index (χ1n) is 8.69. The van der Waals surface area contributed by atoms with Crippen LogP contribution < -0.4 is 14.8 Å². The van der Waals surface area contributed by atoms with Crippen LogP contribution in [0.4, 0.5) is 24.5 Å². The highest BCUT2D eigenvalue weighted by molar-refractivity contribution is 7.92. The number of aryl methyl sites for hydroxylation is 1. The summed E-state index contributed by atoms with van der Waals surface area (Å²) in [6.07, 6.45) is -3.17. The number of hydrogen-bond donors (Lipinski definition) is 2. The van der Waals surface area contributed by atoms with E-state index in [9.17, 15) is 26.4 Å². The summed E-state index contributed by atoms with van der Waals surface area (Å²) in [7, 11) is -1.47. The number of aromatic nitrogens is 2. The Morgan fingerprint density at radius 1 is 1.10 bits per heavy atom. The molecule has 3 aromatic rings. The van der Waals surface area contributed by atoms with Crippen LogP contribution in [0, 0.1) is 0 Å². The maximum absolute atomic E-state index is 12.9. The van der Waals surface area contributed by atoms with Crippen molar-refractivity contribution < 1.29 is 31.1 Å². The minimum absolute atomic E-state index is 0.109. The van der Waals surface area contributed by atoms with Crippen molar-refractivity contribution in [2.24, 2.45) is 7.05 Å². The molecule has 1 aromatic heterocycles. The lowest BCUT2D eigenvalue weighted by atomic mass is 10.2. The molecule has 12 heteroatoms. The molecule has 0 saturated heterocycles. The predicted molar refractivity (Wildman–Crippen MR) is 106 cm³/mol. The SMILES string of the molecule is COc1cc(NC(=O)c2ccnn2C)ccc1S(=O)(=O)Nc1cccc(C(F)(F)F)c1. The largest absolute Gasteiger partial charge is 0.495 e. The number of nitrogens with one attached hydrogen (secondary N) is 2. The smallest absolute Gasteiger partial charge is 0.416 e. The van der Waals surface area contributed by atoms with Gasteiger partial charge in [0.05, 0.1) is 12.7 Å². The van der Waals surface area contributed by atoms with Crippen molar-refractivity contribution in [2.75, 3.05) is 17.1 Å². The van der Waals surface area contributed by atoms with E-state index in [1.165, 1.54) is 48.3 Å². The van der Waals surface area contributed by atoms with Crippen LogP contribution in [0.5, 0.6) is 5.75 Å². The van der Waals surface area contributed by atoms with Crippen LogP contribution in [0.25, 0.3) is 0 Å². The summed E-state index contributed by atoms with van der Waals surface area (Å²) in [5.41, 5.74) is -0.721. The number of carbonyl (C=O) groups excluding carboxylic acids is 1.